The molecule has 2 aromatic heterocycles. The molecule has 0 bridgehead atoms. The van der Waals surface area contributed by atoms with E-state index in [1.54, 1.807) is 0 Å². The molecule has 0 spiro atoms. The zero-order valence-corrected chi connectivity index (χ0v) is 32.8. The van der Waals surface area contributed by atoms with E-state index in [4.69, 9.17) is 4.42 Å². The molecular weight excluding hydrogens is 721 g/mol. The van der Waals surface area contributed by atoms with Gasteiger partial charge >= 0.3 is 0 Å². The fourth-order valence-corrected chi connectivity index (χ4v) is 9.84. The van der Waals surface area contributed by atoms with Crippen molar-refractivity contribution in [3.63, 3.8) is 0 Å². The van der Waals surface area contributed by atoms with Crippen LogP contribution < -0.4 is 10.6 Å². The van der Waals surface area contributed by atoms with Gasteiger partial charge in [-0.3, -0.25) is 0 Å². The Morgan fingerprint density at radius 2 is 1.09 bits per heavy atom. The molecule has 0 saturated carbocycles. The topological polar surface area (TPSA) is 13.1 Å². The molecule has 274 valence electrons. The zero-order chi connectivity index (χ0) is 39.3. The smallest absolute Gasteiger partial charge is 0.144 e. The summed E-state index contributed by atoms with van der Waals surface area (Å²) in [4.78, 5) is 0. The van der Waals surface area contributed by atoms with Gasteiger partial charge in [-0.1, -0.05) is 190 Å². The Morgan fingerprint density at radius 3 is 1.84 bits per heavy atom. The van der Waals surface area contributed by atoms with Crippen LogP contribution in [0.4, 0.5) is 0 Å². The van der Waals surface area contributed by atoms with Gasteiger partial charge in [0.1, 0.15) is 11.0 Å². The third-order valence-electron chi connectivity index (χ3n) is 11.4. The second-order valence-corrected chi connectivity index (χ2v) is 15.7. The second-order valence-electron chi connectivity index (χ2n) is 14.6. The molecule has 0 aliphatic rings. The van der Waals surface area contributed by atoms with Gasteiger partial charge in [0.15, 0.2) is 0 Å². The number of fused-ring (bicyclic) bond motifs is 9. The van der Waals surface area contributed by atoms with E-state index in [0.717, 1.165) is 93.0 Å². The van der Waals surface area contributed by atoms with Crippen molar-refractivity contribution in [1.82, 2.24) is 0 Å². The normalized spacial score (nSPS) is 11.8. The first-order valence-corrected chi connectivity index (χ1v) is 20.3. The van der Waals surface area contributed by atoms with Gasteiger partial charge in [0.25, 0.3) is 0 Å². The lowest BCUT2D eigenvalue weighted by Crippen LogP contribution is -2.18. The van der Waals surface area contributed by atoms with Crippen LogP contribution in [0, 0.1) is 0 Å². The minimum absolute atomic E-state index is 0.632. The first-order valence-electron chi connectivity index (χ1n) is 19.4. The highest BCUT2D eigenvalue weighted by molar-refractivity contribution is 7.26. The molecule has 0 aliphatic carbocycles. The van der Waals surface area contributed by atoms with E-state index >= 15 is 0 Å². The molecule has 58 heavy (non-hydrogen) atoms. The molecule has 10 aromatic rings. The van der Waals surface area contributed by atoms with Crippen molar-refractivity contribution >= 4 is 105 Å². The molecule has 2 heteroatoms. The van der Waals surface area contributed by atoms with Crippen molar-refractivity contribution < 1.29 is 4.42 Å². The zero-order valence-electron chi connectivity index (χ0n) is 32.0. The third-order valence-corrected chi connectivity index (χ3v) is 12.6. The molecule has 0 radical (unpaired) electrons. The first kappa shape index (κ1) is 35.2. The van der Waals surface area contributed by atoms with E-state index in [2.05, 4.69) is 196 Å². The SMILES string of the molecule is C=Cc1ccccc1C(=C)c1ccccccc(-c2ccc(C(=C)/C=c3\c(=C)oc4c3ccc3ccc5c6ccccc6sc5c34)c3ccccc23)c2ccccc12. The molecule has 0 aliphatic heterocycles. The highest BCUT2D eigenvalue weighted by Crippen LogP contribution is 2.41. The maximum absolute atomic E-state index is 6.57. The number of furan rings is 1. The van der Waals surface area contributed by atoms with E-state index in [1.807, 2.05) is 23.5 Å². The third kappa shape index (κ3) is 5.77. The lowest BCUT2D eigenvalue weighted by molar-refractivity contribution is 0.580. The van der Waals surface area contributed by atoms with Gasteiger partial charge in [0.2, 0.25) is 0 Å². The fourth-order valence-electron chi connectivity index (χ4n) is 8.59. The van der Waals surface area contributed by atoms with Gasteiger partial charge < -0.3 is 4.42 Å². The number of rotatable bonds is 6. The summed E-state index contributed by atoms with van der Waals surface area (Å²) < 4.78 is 9.08. The second kappa shape index (κ2) is 14.4. The van der Waals surface area contributed by atoms with Crippen LogP contribution in [0.15, 0.2) is 194 Å². The molecule has 0 atom stereocenters. The summed E-state index contributed by atoms with van der Waals surface area (Å²) >= 11 is 1.82. The van der Waals surface area contributed by atoms with Crippen LogP contribution >= 0.6 is 11.3 Å². The van der Waals surface area contributed by atoms with Crippen LogP contribution in [0.3, 0.4) is 0 Å². The van der Waals surface area contributed by atoms with Crippen LogP contribution in [-0.4, -0.2) is 0 Å². The van der Waals surface area contributed by atoms with Gasteiger partial charge in [-0.2, -0.15) is 0 Å². The summed E-state index contributed by atoms with van der Waals surface area (Å²) in [6.07, 6.45) is 4.04. The highest BCUT2D eigenvalue weighted by Gasteiger charge is 2.16. The summed E-state index contributed by atoms with van der Waals surface area (Å²) in [5, 5.41) is 11.3. The van der Waals surface area contributed by atoms with E-state index in [9.17, 15) is 0 Å². The van der Waals surface area contributed by atoms with E-state index in [0.29, 0.717) is 5.42 Å². The molecule has 0 N–H and O–H groups in total. The van der Waals surface area contributed by atoms with Crippen molar-refractivity contribution in [2.45, 2.75) is 0 Å². The van der Waals surface area contributed by atoms with Gasteiger partial charge in [-0.05, 0) is 89.7 Å². The van der Waals surface area contributed by atoms with Gasteiger partial charge in [-0.15, -0.1) is 11.3 Å². The Balaban J connectivity index is 1.15. The number of allylic oxidation sites excluding steroid dienone is 1. The summed E-state index contributed by atoms with van der Waals surface area (Å²) in [6.45, 7) is 17.8. The van der Waals surface area contributed by atoms with Gasteiger partial charge in [0.05, 0.1) is 0 Å². The van der Waals surface area contributed by atoms with Gasteiger partial charge in [-0.25, -0.2) is 0 Å². The lowest BCUT2D eigenvalue weighted by Gasteiger charge is -2.15. The van der Waals surface area contributed by atoms with E-state index in [1.165, 1.54) is 20.2 Å². The Labute approximate surface area is 341 Å². The standard InChI is InChI=1S/C56H38OS/c1-5-38-18-10-11-19-41(38)36(3)42-20-8-6-7-9-21-47(46-25-15-13-23-44(42)46)48-33-32-40(43-22-12-14-24-45(43)48)35(2)34-52-37(4)57-55-50(52)30-28-39-29-31-51-49-26-16-17-27-53(49)58-56(51)54(39)55/h5-34H,1-4H2/b7-6?,8-6?,9-7?,20-8?,21-9?,42-20?,44-42?,47-21?,47-46?,52-34+. The quantitative estimate of drug-likeness (QED) is 0.165. The molecule has 0 amide bonds. The lowest BCUT2D eigenvalue weighted by atomic mass is 9.88. The van der Waals surface area contributed by atoms with Crippen molar-refractivity contribution in [2.24, 2.45) is 0 Å². The van der Waals surface area contributed by atoms with Gasteiger partial charge in [0, 0.05) is 36.2 Å². The van der Waals surface area contributed by atoms with Crippen molar-refractivity contribution in [3.05, 3.63) is 222 Å². The van der Waals surface area contributed by atoms with Crippen LogP contribution in [0.25, 0.3) is 104 Å². The minimum Gasteiger partial charge on any atom is -0.456 e. The predicted molar refractivity (Wildman–Crippen MR) is 254 cm³/mol. The summed E-state index contributed by atoms with van der Waals surface area (Å²) in [6, 6.07) is 60.2. The highest BCUT2D eigenvalue weighted by atomic mass is 32.1. The number of thiophene rings is 1. The Bertz CT molecular complexity index is 3540. The van der Waals surface area contributed by atoms with E-state index in [-0.39, 0.29) is 0 Å². The van der Waals surface area contributed by atoms with Crippen molar-refractivity contribution in [2.75, 3.05) is 0 Å². The molecule has 10 rings (SSSR count). The number of hydrogen-bond acceptors (Lipinski definition) is 2. The molecule has 0 saturated heterocycles. The molecule has 1 nitrogen and oxygen atoms in total. The summed E-state index contributed by atoms with van der Waals surface area (Å²) in [5.41, 5.74) is 9.83. The fraction of sp³-hybridized carbons (Fsp3) is 0. The minimum atomic E-state index is 0.632. The molecular formula is C56H38OS. The van der Waals surface area contributed by atoms with Crippen LogP contribution in [-0.2, 0) is 0 Å². The van der Waals surface area contributed by atoms with Crippen LogP contribution in [0.2, 0.25) is 0 Å². The average molecular weight is 759 g/mol. The average Bonchev–Trinajstić information content (AvgIpc) is 3.81. The van der Waals surface area contributed by atoms with E-state index < -0.39 is 0 Å². The largest absolute Gasteiger partial charge is 0.456 e. The predicted octanol–water partition coefficient (Wildman–Crippen LogP) is 14.7. The Hall–Kier alpha value is -7.26. The maximum atomic E-state index is 6.57. The monoisotopic (exact) mass is 758 g/mol. The molecule has 0 unspecified atom stereocenters. The Kier molecular flexibility index (Phi) is 8.70. The van der Waals surface area contributed by atoms with Crippen molar-refractivity contribution in [1.29, 1.82) is 0 Å². The van der Waals surface area contributed by atoms with Crippen molar-refractivity contribution in [3.8, 4) is 11.1 Å². The molecule has 8 aromatic carbocycles. The van der Waals surface area contributed by atoms with Crippen LogP contribution in [0.1, 0.15) is 22.3 Å². The van der Waals surface area contributed by atoms with Crippen LogP contribution in [0.5, 0.6) is 0 Å². The summed E-state index contributed by atoms with van der Waals surface area (Å²) in [7, 11) is 0. The number of benzene rings is 7. The molecule has 0 fully saturated rings. The Morgan fingerprint density at radius 1 is 0.500 bits per heavy atom. The first-order chi connectivity index (χ1) is 28.5. The number of hydrogen-bond donors (Lipinski definition) is 0. The molecule has 2 heterocycles. The maximum Gasteiger partial charge on any atom is 0.144 e. The summed E-state index contributed by atoms with van der Waals surface area (Å²) in [5.74, 6) is 0.